The minimum absolute atomic E-state index is 0.0393. The lowest BCUT2D eigenvalue weighted by Gasteiger charge is -2.18. The molecule has 32 heavy (non-hydrogen) atoms. The maximum absolute atomic E-state index is 13.1. The topological polar surface area (TPSA) is 93.7 Å². The van der Waals surface area contributed by atoms with Gasteiger partial charge in [0.15, 0.2) is 0 Å². The van der Waals surface area contributed by atoms with Crippen LogP contribution in [0.4, 0.5) is 13.2 Å². The van der Waals surface area contributed by atoms with Crippen LogP contribution in [0, 0.1) is 0 Å². The Morgan fingerprint density at radius 3 is 2.31 bits per heavy atom. The van der Waals surface area contributed by atoms with Gasteiger partial charge in [0.2, 0.25) is 10.0 Å². The van der Waals surface area contributed by atoms with Crippen LogP contribution in [-0.2, 0) is 16.2 Å². The molecule has 0 saturated carbocycles. The molecular weight excluding hydrogens is 449 g/mol. The van der Waals surface area contributed by atoms with E-state index in [2.05, 4.69) is 10.0 Å². The molecule has 0 radical (unpaired) electrons. The number of sulfonamides is 1. The lowest BCUT2D eigenvalue weighted by Crippen LogP contribution is -2.37. The first-order chi connectivity index (χ1) is 14.8. The first-order valence-electron chi connectivity index (χ1n) is 9.65. The maximum Gasteiger partial charge on any atom is 0.419 e. The van der Waals surface area contributed by atoms with Crippen LogP contribution in [0.15, 0.2) is 47.4 Å². The van der Waals surface area contributed by atoms with Crippen molar-refractivity contribution >= 4 is 15.9 Å². The lowest BCUT2D eigenvalue weighted by molar-refractivity contribution is -0.139. The van der Waals surface area contributed by atoms with Crippen molar-refractivity contribution in [2.75, 3.05) is 13.7 Å². The molecule has 2 aromatic rings. The molecule has 1 unspecified atom stereocenters. The zero-order chi connectivity index (χ0) is 24.1. The van der Waals surface area contributed by atoms with Crippen molar-refractivity contribution in [2.24, 2.45) is 0 Å². The normalized spacial score (nSPS) is 13.0. The number of rotatable bonds is 9. The van der Waals surface area contributed by atoms with E-state index in [0.29, 0.717) is 0 Å². The molecule has 1 amide bonds. The van der Waals surface area contributed by atoms with Crippen molar-refractivity contribution < 1.29 is 35.9 Å². The number of benzene rings is 2. The Labute approximate surface area is 185 Å². The number of para-hydroxylation sites is 1. The van der Waals surface area contributed by atoms with E-state index in [4.69, 9.17) is 9.47 Å². The fourth-order valence-corrected chi connectivity index (χ4v) is 4.24. The second-order valence-corrected chi connectivity index (χ2v) is 9.00. The molecule has 2 aromatic carbocycles. The SMILES string of the molecule is COc1ccc(C(=O)NC(C)COc2ccccc2C(F)(F)F)cc1S(=O)(=O)NC(C)C. The first kappa shape index (κ1) is 25.5. The molecule has 11 heteroatoms. The number of ether oxygens (including phenoxy) is 2. The second kappa shape index (κ2) is 10.2. The molecule has 2 rings (SSSR count). The molecule has 176 valence electrons. The molecule has 0 heterocycles. The van der Waals surface area contributed by atoms with Gasteiger partial charge in [0.1, 0.15) is 23.0 Å². The van der Waals surface area contributed by atoms with Crippen molar-refractivity contribution in [3.63, 3.8) is 0 Å². The summed E-state index contributed by atoms with van der Waals surface area (Å²) in [6.45, 7) is 4.63. The highest BCUT2D eigenvalue weighted by atomic mass is 32.2. The highest BCUT2D eigenvalue weighted by molar-refractivity contribution is 7.89. The number of halogens is 3. The Balaban J connectivity index is 2.14. The second-order valence-electron chi connectivity index (χ2n) is 7.32. The monoisotopic (exact) mass is 474 g/mol. The standard InChI is InChI=1S/C21H25F3N2O5S/c1-13(2)26-32(28,29)19-11-15(9-10-18(19)30-4)20(27)25-14(3)12-31-17-8-6-5-7-16(17)21(22,23)24/h5-11,13-14,26H,12H2,1-4H3,(H,25,27). The molecule has 0 aliphatic heterocycles. The van der Waals surface area contributed by atoms with Crippen LogP contribution >= 0.6 is 0 Å². The Bertz CT molecular complexity index is 1060. The Morgan fingerprint density at radius 2 is 1.72 bits per heavy atom. The number of amides is 1. The van der Waals surface area contributed by atoms with E-state index in [-0.39, 0.29) is 34.6 Å². The molecule has 7 nitrogen and oxygen atoms in total. The molecule has 0 aromatic heterocycles. The zero-order valence-corrected chi connectivity index (χ0v) is 18.8. The van der Waals surface area contributed by atoms with E-state index in [1.165, 1.54) is 43.5 Å². The lowest BCUT2D eigenvalue weighted by atomic mass is 10.2. The van der Waals surface area contributed by atoms with E-state index < -0.39 is 33.7 Å². The van der Waals surface area contributed by atoms with Gasteiger partial charge in [0.05, 0.1) is 18.7 Å². The van der Waals surface area contributed by atoms with Gasteiger partial charge in [-0.05, 0) is 51.1 Å². The van der Waals surface area contributed by atoms with Crippen LogP contribution in [0.1, 0.15) is 36.7 Å². The van der Waals surface area contributed by atoms with Crippen LogP contribution in [0.5, 0.6) is 11.5 Å². The molecule has 0 spiro atoms. The van der Waals surface area contributed by atoms with Gasteiger partial charge in [-0.2, -0.15) is 13.2 Å². The zero-order valence-electron chi connectivity index (χ0n) is 18.0. The number of hydrogen-bond acceptors (Lipinski definition) is 5. The van der Waals surface area contributed by atoms with Gasteiger partial charge in [0, 0.05) is 11.6 Å². The van der Waals surface area contributed by atoms with Crippen LogP contribution in [0.25, 0.3) is 0 Å². The number of nitrogens with one attached hydrogen (secondary N) is 2. The summed E-state index contributed by atoms with van der Waals surface area (Å²) in [6.07, 6.45) is -4.57. The summed E-state index contributed by atoms with van der Waals surface area (Å²) in [4.78, 5) is 12.4. The predicted octanol–water partition coefficient (Wildman–Crippen LogP) is 3.60. The van der Waals surface area contributed by atoms with Gasteiger partial charge in [-0.1, -0.05) is 12.1 Å². The number of carbonyl (C=O) groups is 1. The summed E-state index contributed by atoms with van der Waals surface area (Å²) < 4.78 is 77.1. The van der Waals surface area contributed by atoms with E-state index in [9.17, 15) is 26.4 Å². The summed E-state index contributed by atoms with van der Waals surface area (Å²) in [5, 5.41) is 2.58. The van der Waals surface area contributed by atoms with Crippen LogP contribution in [-0.4, -0.2) is 40.1 Å². The molecule has 0 fully saturated rings. The number of methoxy groups -OCH3 is 1. The van der Waals surface area contributed by atoms with E-state index in [1.54, 1.807) is 20.8 Å². The fourth-order valence-electron chi connectivity index (χ4n) is 2.79. The van der Waals surface area contributed by atoms with Gasteiger partial charge < -0.3 is 14.8 Å². The van der Waals surface area contributed by atoms with E-state index in [0.717, 1.165) is 6.07 Å². The average Bonchev–Trinajstić information content (AvgIpc) is 2.70. The van der Waals surface area contributed by atoms with Crippen molar-refractivity contribution in [2.45, 2.75) is 43.9 Å². The molecule has 0 aliphatic carbocycles. The summed E-state index contributed by atoms with van der Waals surface area (Å²) in [5.41, 5.74) is -0.876. The summed E-state index contributed by atoms with van der Waals surface area (Å²) in [7, 11) is -2.63. The third kappa shape index (κ3) is 6.60. The van der Waals surface area contributed by atoms with Crippen LogP contribution in [0.3, 0.4) is 0 Å². The number of hydrogen-bond donors (Lipinski definition) is 2. The Morgan fingerprint density at radius 1 is 1.06 bits per heavy atom. The number of carbonyl (C=O) groups excluding carboxylic acids is 1. The predicted molar refractivity (Wildman–Crippen MR) is 112 cm³/mol. The summed E-state index contributed by atoms with van der Waals surface area (Å²) in [5.74, 6) is -0.901. The highest BCUT2D eigenvalue weighted by Gasteiger charge is 2.34. The third-order valence-corrected chi connectivity index (χ3v) is 5.84. The maximum atomic E-state index is 13.1. The fraction of sp³-hybridized carbons (Fsp3) is 0.381. The minimum Gasteiger partial charge on any atom is -0.495 e. The Kier molecular flexibility index (Phi) is 8.13. The van der Waals surface area contributed by atoms with Crippen LogP contribution in [0.2, 0.25) is 0 Å². The average molecular weight is 475 g/mol. The largest absolute Gasteiger partial charge is 0.495 e. The van der Waals surface area contributed by atoms with Crippen molar-refractivity contribution in [1.82, 2.24) is 10.0 Å². The van der Waals surface area contributed by atoms with Gasteiger partial charge in [-0.15, -0.1) is 0 Å². The summed E-state index contributed by atoms with van der Waals surface area (Å²) in [6, 6.07) is 7.63. The van der Waals surface area contributed by atoms with Crippen LogP contribution < -0.4 is 19.5 Å². The molecule has 2 N–H and O–H groups in total. The van der Waals surface area contributed by atoms with Gasteiger partial charge in [0.25, 0.3) is 5.91 Å². The first-order valence-corrected chi connectivity index (χ1v) is 11.1. The quantitative estimate of drug-likeness (QED) is 0.579. The van der Waals surface area contributed by atoms with Crippen molar-refractivity contribution in [1.29, 1.82) is 0 Å². The van der Waals surface area contributed by atoms with Gasteiger partial charge in [-0.3, -0.25) is 4.79 Å². The molecule has 1 atom stereocenters. The van der Waals surface area contributed by atoms with Gasteiger partial charge >= 0.3 is 6.18 Å². The van der Waals surface area contributed by atoms with E-state index in [1.807, 2.05) is 0 Å². The van der Waals surface area contributed by atoms with Gasteiger partial charge in [-0.25, -0.2) is 13.1 Å². The molecular formula is C21H25F3N2O5S. The molecule has 0 saturated heterocycles. The van der Waals surface area contributed by atoms with E-state index >= 15 is 0 Å². The smallest absolute Gasteiger partial charge is 0.419 e. The number of alkyl halides is 3. The molecule has 0 aliphatic rings. The van der Waals surface area contributed by atoms with Crippen molar-refractivity contribution in [3.05, 3.63) is 53.6 Å². The minimum atomic E-state index is -4.57. The third-order valence-electron chi connectivity index (χ3n) is 4.16. The van der Waals surface area contributed by atoms with Crippen molar-refractivity contribution in [3.8, 4) is 11.5 Å². The summed E-state index contributed by atoms with van der Waals surface area (Å²) >= 11 is 0. The Hall–Kier alpha value is -2.79. The molecule has 0 bridgehead atoms. The highest BCUT2D eigenvalue weighted by Crippen LogP contribution is 2.35.